The van der Waals surface area contributed by atoms with Gasteiger partial charge in [-0.3, -0.25) is 9.69 Å². The minimum atomic E-state index is -1.11. The molecule has 1 spiro atoms. The Bertz CT molecular complexity index is 1070. The molecule has 0 aliphatic carbocycles. The van der Waals surface area contributed by atoms with Crippen molar-refractivity contribution in [2.24, 2.45) is 0 Å². The molecule has 140 valence electrons. The molecule has 0 unspecified atom stereocenters. The van der Waals surface area contributed by atoms with Crippen LogP contribution in [0.4, 0.5) is 4.79 Å². The van der Waals surface area contributed by atoms with Gasteiger partial charge in [-0.05, 0) is 28.6 Å². The number of hydrogen-bond donors (Lipinski definition) is 1. The summed E-state index contributed by atoms with van der Waals surface area (Å²) >= 11 is 0. The van der Waals surface area contributed by atoms with Crippen LogP contribution in [-0.4, -0.2) is 43.7 Å². The van der Waals surface area contributed by atoms with E-state index >= 15 is 0 Å². The molecule has 9 heteroatoms. The number of rotatable bonds is 3. The van der Waals surface area contributed by atoms with E-state index in [0.717, 1.165) is 10.6 Å². The molecule has 0 bridgehead atoms. The van der Waals surface area contributed by atoms with E-state index in [1.165, 1.54) is 4.68 Å². The van der Waals surface area contributed by atoms with E-state index in [4.69, 9.17) is 4.74 Å². The molecule has 1 fully saturated rings. The van der Waals surface area contributed by atoms with Crippen LogP contribution in [0.3, 0.4) is 0 Å². The molecule has 2 aliphatic heterocycles. The number of fused-ring (bicyclic) bond motifs is 2. The molecular weight excluding hydrogens is 360 g/mol. The molecule has 3 aromatic rings. The van der Waals surface area contributed by atoms with Gasteiger partial charge in [-0.1, -0.05) is 36.4 Å². The number of carbonyl (C=O) groups excluding carboxylic acids is 2. The fourth-order valence-corrected chi connectivity index (χ4v) is 3.73. The first-order chi connectivity index (χ1) is 13.7. The van der Waals surface area contributed by atoms with Crippen molar-refractivity contribution in [3.63, 3.8) is 0 Å². The van der Waals surface area contributed by atoms with E-state index in [0.29, 0.717) is 30.2 Å². The van der Waals surface area contributed by atoms with Gasteiger partial charge in [0.2, 0.25) is 0 Å². The molecule has 1 saturated heterocycles. The van der Waals surface area contributed by atoms with Gasteiger partial charge in [0.05, 0.1) is 18.8 Å². The predicted molar refractivity (Wildman–Crippen MR) is 96.5 cm³/mol. The summed E-state index contributed by atoms with van der Waals surface area (Å²) in [4.78, 5) is 27.2. The topological polar surface area (TPSA) is 102 Å². The summed E-state index contributed by atoms with van der Waals surface area (Å²) in [5.41, 5.74) is 0.308. The van der Waals surface area contributed by atoms with Crippen LogP contribution < -0.4 is 10.1 Å². The zero-order chi connectivity index (χ0) is 19.1. The number of imide groups is 1. The summed E-state index contributed by atoms with van der Waals surface area (Å²) in [7, 11) is 0. The lowest BCUT2D eigenvalue weighted by Crippen LogP contribution is -2.47. The van der Waals surface area contributed by atoms with Gasteiger partial charge < -0.3 is 10.1 Å². The van der Waals surface area contributed by atoms with Crippen LogP contribution in [0.5, 0.6) is 5.75 Å². The third kappa shape index (κ3) is 2.36. The van der Waals surface area contributed by atoms with Gasteiger partial charge in [0, 0.05) is 12.0 Å². The van der Waals surface area contributed by atoms with Crippen LogP contribution in [0.15, 0.2) is 54.6 Å². The molecule has 28 heavy (non-hydrogen) atoms. The maximum Gasteiger partial charge on any atom is 0.325 e. The Morgan fingerprint density at radius 3 is 2.71 bits per heavy atom. The van der Waals surface area contributed by atoms with Gasteiger partial charge in [0.1, 0.15) is 5.75 Å². The summed E-state index contributed by atoms with van der Waals surface area (Å²) in [6.07, 6.45) is 0.370. The van der Waals surface area contributed by atoms with Crippen molar-refractivity contribution in [1.29, 1.82) is 0 Å². The SMILES string of the molecule is O=C1N[C@@]2(CCOc3ccccc32)C(=O)N1Cc1nnnn1-c1ccccc1. The molecule has 5 rings (SSSR count). The fraction of sp³-hybridized carbons (Fsp3) is 0.211. The molecule has 0 saturated carbocycles. The fourth-order valence-electron chi connectivity index (χ4n) is 3.73. The van der Waals surface area contributed by atoms with Gasteiger partial charge in [-0.25, -0.2) is 4.79 Å². The molecule has 2 aromatic carbocycles. The Morgan fingerprint density at radius 1 is 1.07 bits per heavy atom. The van der Waals surface area contributed by atoms with Crippen molar-refractivity contribution in [3.8, 4) is 11.4 Å². The highest BCUT2D eigenvalue weighted by molar-refractivity contribution is 6.07. The smallest absolute Gasteiger partial charge is 0.325 e. The lowest BCUT2D eigenvalue weighted by Gasteiger charge is -2.33. The number of urea groups is 1. The second-order valence-corrected chi connectivity index (χ2v) is 6.66. The highest BCUT2D eigenvalue weighted by atomic mass is 16.5. The van der Waals surface area contributed by atoms with Crippen molar-refractivity contribution in [3.05, 3.63) is 66.0 Å². The van der Waals surface area contributed by atoms with Crippen molar-refractivity contribution >= 4 is 11.9 Å². The Labute approximate surface area is 159 Å². The molecule has 2 aliphatic rings. The van der Waals surface area contributed by atoms with Gasteiger partial charge >= 0.3 is 6.03 Å². The number of hydrogen-bond acceptors (Lipinski definition) is 6. The summed E-state index contributed by atoms with van der Waals surface area (Å²) < 4.78 is 7.17. The van der Waals surface area contributed by atoms with E-state index < -0.39 is 11.6 Å². The number of para-hydroxylation sites is 2. The number of carbonyl (C=O) groups is 2. The molecule has 1 N–H and O–H groups in total. The van der Waals surface area contributed by atoms with Crippen LogP contribution in [0, 0.1) is 0 Å². The number of aromatic nitrogens is 4. The average Bonchev–Trinajstić information content (AvgIpc) is 3.28. The summed E-state index contributed by atoms with van der Waals surface area (Å²) in [6, 6.07) is 16.1. The van der Waals surface area contributed by atoms with Crippen LogP contribution in [0.1, 0.15) is 17.8 Å². The quantitative estimate of drug-likeness (QED) is 0.693. The zero-order valence-electron chi connectivity index (χ0n) is 14.8. The number of nitrogens with zero attached hydrogens (tertiary/aromatic N) is 5. The third-order valence-electron chi connectivity index (χ3n) is 5.09. The molecular formula is C19H16N6O3. The Kier molecular flexibility index (Phi) is 3.61. The van der Waals surface area contributed by atoms with Crippen LogP contribution in [-0.2, 0) is 16.9 Å². The highest BCUT2D eigenvalue weighted by Gasteiger charge is 2.55. The molecule has 0 radical (unpaired) electrons. The lowest BCUT2D eigenvalue weighted by atomic mass is 9.84. The van der Waals surface area contributed by atoms with Gasteiger partial charge in [-0.15, -0.1) is 5.10 Å². The van der Waals surface area contributed by atoms with Crippen molar-refractivity contribution in [2.45, 2.75) is 18.5 Å². The standard InChI is InChI=1S/C19H16N6O3/c26-17-19(10-11-28-15-9-5-4-8-14(15)19)20-18(27)24(17)12-16-21-22-23-25(16)13-6-2-1-3-7-13/h1-9H,10-12H2,(H,20,27)/t19-/m1/s1. The molecule has 3 amide bonds. The Morgan fingerprint density at radius 2 is 1.86 bits per heavy atom. The van der Waals surface area contributed by atoms with Crippen LogP contribution in [0.2, 0.25) is 0 Å². The first-order valence-corrected chi connectivity index (χ1v) is 8.88. The second-order valence-electron chi connectivity index (χ2n) is 6.66. The number of benzene rings is 2. The third-order valence-corrected chi connectivity index (χ3v) is 5.09. The first kappa shape index (κ1) is 16.4. The van der Waals surface area contributed by atoms with Crippen molar-refractivity contribution < 1.29 is 14.3 Å². The maximum absolute atomic E-state index is 13.3. The largest absolute Gasteiger partial charge is 0.493 e. The van der Waals surface area contributed by atoms with E-state index in [1.54, 1.807) is 6.07 Å². The Hall–Kier alpha value is -3.75. The molecule has 1 aromatic heterocycles. The summed E-state index contributed by atoms with van der Waals surface area (Å²) in [5.74, 6) is 0.682. The van der Waals surface area contributed by atoms with E-state index in [-0.39, 0.29) is 12.5 Å². The van der Waals surface area contributed by atoms with Gasteiger partial charge in [0.15, 0.2) is 11.4 Å². The first-order valence-electron chi connectivity index (χ1n) is 8.88. The summed E-state index contributed by atoms with van der Waals surface area (Å²) in [5, 5.41) is 14.6. The molecule has 1 atom stereocenters. The highest BCUT2D eigenvalue weighted by Crippen LogP contribution is 2.41. The number of nitrogens with one attached hydrogen (secondary N) is 1. The number of amides is 3. The molecule has 9 nitrogen and oxygen atoms in total. The average molecular weight is 376 g/mol. The van der Waals surface area contributed by atoms with Crippen molar-refractivity contribution in [1.82, 2.24) is 30.4 Å². The zero-order valence-corrected chi connectivity index (χ0v) is 14.8. The maximum atomic E-state index is 13.3. The van der Waals surface area contributed by atoms with Gasteiger partial charge in [0.25, 0.3) is 5.91 Å². The van der Waals surface area contributed by atoms with Crippen molar-refractivity contribution in [2.75, 3.05) is 6.61 Å². The van der Waals surface area contributed by atoms with Crippen LogP contribution in [0.25, 0.3) is 5.69 Å². The normalized spacial score (nSPS) is 20.8. The van der Waals surface area contributed by atoms with Gasteiger partial charge in [-0.2, -0.15) is 4.68 Å². The van der Waals surface area contributed by atoms with E-state index in [9.17, 15) is 9.59 Å². The van der Waals surface area contributed by atoms with Crippen LogP contribution >= 0.6 is 0 Å². The number of ether oxygens (including phenoxy) is 1. The minimum absolute atomic E-state index is 0.0304. The molecule has 3 heterocycles. The second kappa shape index (κ2) is 6.15. The van der Waals surface area contributed by atoms with E-state index in [2.05, 4.69) is 20.8 Å². The number of tetrazole rings is 1. The summed E-state index contributed by atoms with van der Waals surface area (Å²) in [6.45, 7) is 0.315. The Balaban J connectivity index is 1.49. The predicted octanol–water partition coefficient (Wildman–Crippen LogP) is 1.39. The monoisotopic (exact) mass is 376 g/mol. The minimum Gasteiger partial charge on any atom is -0.493 e. The lowest BCUT2D eigenvalue weighted by molar-refractivity contribution is -0.133. The van der Waals surface area contributed by atoms with E-state index in [1.807, 2.05) is 48.5 Å².